The molecular formula is C23H30O3. The molecule has 0 heterocycles. The molecule has 0 aliphatic rings. The summed E-state index contributed by atoms with van der Waals surface area (Å²) in [5.74, 6) is -0.601. The van der Waals surface area contributed by atoms with Gasteiger partial charge in [-0.25, -0.2) is 4.79 Å². The summed E-state index contributed by atoms with van der Waals surface area (Å²) >= 11 is 0. The molecule has 2 aromatic rings. The molecule has 0 saturated heterocycles. The van der Waals surface area contributed by atoms with E-state index in [0.717, 1.165) is 18.4 Å². The van der Waals surface area contributed by atoms with E-state index in [9.17, 15) is 9.90 Å². The lowest BCUT2D eigenvalue weighted by atomic mass is 9.97. The van der Waals surface area contributed by atoms with Gasteiger partial charge in [-0.05, 0) is 42.4 Å². The number of benzene rings is 2. The first-order chi connectivity index (χ1) is 12.7. The van der Waals surface area contributed by atoms with Crippen LogP contribution in [0.1, 0.15) is 61.3 Å². The smallest absolute Gasteiger partial charge is 0.339 e. The standard InChI is InChI=1S/C23H30O3/c1-26-23(25)22(24)21-18-12-11-17-20(21)16-10-5-3-2-4-7-13-19-14-8-6-9-15-19/h6,8-9,11-12,14-15,17-18,22,24H,2-5,7,10,13,16H2,1H3. The largest absolute Gasteiger partial charge is 0.467 e. The maximum atomic E-state index is 11.6. The van der Waals surface area contributed by atoms with Crippen LogP contribution in [0, 0.1) is 0 Å². The van der Waals surface area contributed by atoms with Crippen LogP contribution in [-0.4, -0.2) is 18.2 Å². The molecule has 3 nitrogen and oxygen atoms in total. The zero-order valence-corrected chi connectivity index (χ0v) is 15.7. The van der Waals surface area contributed by atoms with E-state index >= 15 is 0 Å². The van der Waals surface area contributed by atoms with Crippen LogP contribution in [0.4, 0.5) is 0 Å². The van der Waals surface area contributed by atoms with E-state index in [-0.39, 0.29) is 0 Å². The molecule has 3 heteroatoms. The Balaban J connectivity index is 1.63. The number of methoxy groups -OCH3 is 1. The Morgan fingerprint density at radius 2 is 1.42 bits per heavy atom. The summed E-state index contributed by atoms with van der Waals surface area (Å²) in [5.41, 5.74) is 3.13. The predicted molar refractivity (Wildman–Crippen MR) is 105 cm³/mol. The summed E-state index contributed by atoms with van der Waals surface area (Å²) in [6.07, 6.45) is 8.13. The third-order valence-electron chi connectivity index (χ3n) is 4.78. The number of esters is 1. The normalized spacial score (nSPS) is 11.9. The number of unbranched alkanes of at least 4 members (excludes halogenated alkanes) is 5. The summed E-state index contributed by atoms with van der Waals surface area (Å²) in [5, 5.41) is 10.1. The molecule has 1 unspecified atom stereocenters. The van der Waals surface area contributed by atoms with E-state index in [4.69, 9.17) is 0 Å². The van der Waals surface area contributed by atoms with Gasteiger partial charge in [0, 0.05) is 0 Å². The minimum Gasteiger partial charge on any atom is -0.467 e. The van der Waals surface area contributed by atoms with Gasteiger partial charge in [0.1, 0.15) is 0 Å². The van der Waals surface area contributed by atoms with Crippen LogP contribution >= 0.6 is 0 Å². The molecule has 0 aliphatic carbocycles. The molecule has 2 aromatic carbocycles. The van der Waals surface area contributed by atoms with Crippen molar-refractivity contribution in [3.05, 3.63) is 71.3 Å². The van der Waals surface area contributed by atoms with Crippen molar-refractivity contribution < 1.29 is 14.6 Å². The van der Waals surface area contributed by atoms with Crippen LogP contribution in [-0.2, 0) is 22.4 Å². The van der Waals surface area contributed by atoms with Crippen LogP contribution in [0.5, 0.6) is 0 Å². The maximum absolute atomic E-state index is 11.6. The monoisotopic (exact) mass is 354 g/mol. The Bertz CT molecular complexity index is 652. The second kappa shape index (κ2) is 11.5. The zero-order chi connectivity index (χ0) is 18.6. The number of hydrogen-bond acceptors (Lipinski definition) is 3. The Morgan fingerprint density at radius 1 is 0.846 bits per heavy atom. The SMILES string of the molecule is COC(=O)C(O)c1ccccc1CCCCCCCCc1ccccc1. The summed E-state index contributed by atoms with van der Waals surface area (Å²) in [7, 11) is 1.30. The molecule has 0 spiro atoms. The Kier molecular flexibility index (Phi) is 8.91. The zero-order valence-electron chi connectivity index (χ0n) is 15.7. The fourth-order valence-electron chi connectivity index (χ4n) is 3.26. The number of aliphatic hydroxyl groups is 1. The van der Waals surface area contributed by atoms with Gasteiger partial charge in [0.05, 0.1) is 7.11 Å². The van der Waals surface area contributed by atoms with E-state index in [1.165, 1.54) is 51.2 Å². The lowest BCUT2D eigenvalue weighted by Crippen LogP contribution is -2.15. The van der Waals surface area contributed by atoms with Crippen LogP contribution in [0.2, 0.25) is 0 Å². The van der Waals surface area contributed by atoms with Crippen molar-refractivity contribution in [2.75, 3.05) is 7.11 Å². The molecule has 1 N–H and O–H groups in total. The lowest BCUT2D eigenvalue weighted by molar-refractivity contribution is -0.150. The molecule has 0 bridgehead atoms. The maximum Gasteiger partial charge on any atom is 0.339 e. The van der Waals surface area contributed by atoms with Gasteiger partial charge in [-0.1, -0.05) is 80.3 Å². The van der Waals surface area contributed by atoms with Gasteiger partial charge in [0.25, 0.3) is 0 Å². The number of aryl methyl sites for hydroxylation is 2. The molecular weight excluding hydrogens is 324 g/mol. The van der Waals surface area contributed by atoms with Crippen LogP contribution in [0.3, 0.4) is 0 Å². The number of hydrogen-bond donors (Lipinski definition) is 1. The highest BCUT2D eigenvalue weighted by Gasteiger charge is 2.20. The molecule has 0 aliphatic heterocycles. The topological polar surface area (TPSA) is 46.5 Å². The van der Waals surface area contributed by atoms with E-state index < -0.39 is 12.1 Å². The second-order valence-electron chi connectivity index (χ2n) is 6.73. The first kappa shape index (κ1) is 20.2. The molecule has 0 amide bonds. The van der Waals surface area contributed by atoms with E-state index in [1.54, 1.807) is 6.07 Å². The van der Waals surface area contributed by atoms with Crippen molar-refractivity contribution >= 4 is 5.97 Å². The molecule has 0 fully saturated rings. The molecule has 0 radical (unpaired) electrons. The van der Waals surface area contributed by atoms with Gasteiger partial charge in [0.15, 0.2) is 6.10 Å². The second-order valence-corrected chi connectivity index (χ2v) is 6.73. The minimum atomic E-state index is -1.19. The van der Waals surface area contributed by atoms with Gasteiger partial charge >= 0.3 is 5.97 Å². The van der Waals surface area contributed by atoms with Gasteiger partial charge in [-0.3, -0.25) is 0 Å². The van der Waals surface area contributed by atoms with Crippen molar-refractivity contribution in [3.8, 4) is 0 Å². The average molecular weight is 354 g/mol. The third kappa shape index (κ3) is 6.64. The van der Waals surface area contributed by atoms with Gasteiger partial charge in [-0.15, -0.1) is 0 Å². The van der Waals surface area contributed by atoms with Gasteiger partial charge in [-0.2, -0.15) is 0 Å². The van der Waals surface area contributed by atoms with E-state index in [2.05, 4.69) is 35.1 Å². The average Bonchev–Trinajstić information content (AvgIpc) is 2.70. The Labute approximate surface area is 157 Å². The van der Waals surface area contributed by atoms with Crippen molar-refractivity contribution in [1.29, 1.82) is 0 Å². The van der Waals surface area contributed by atoms with Gasteiger partial charge in [0.2, 0.25) is 0 Å². The number of carbonyl (C=O) groups is 1. The third-order valence-corrected chi connectivity index (χ3v) is 4.78. The highest BCUT2D eigenvalue weighted by Crippen LogP contribution is 2.21. The minimum absolute atomic E-state index is 0.601. The Morgan fingerprint density at radius 3 is 2.12 bits per heavy atom. The summed E-state index contributed by atoms with van der Waals surface area (Å²) in [6, 6.07) is 18.2. The van der Waals surface area contributed by atoms with Crippen LogP contribution in [0.25, 0.3) is 0 Å². The number of carbonyl (C=O) groups excluding carboxylic acids is 1. The van der Waals surface area contributed by atoms with Crippen molar-refractivity contribution in [1.82, 2.24) is 0 Å². The molecule has 0 aromatic heterocycles. The fraction of sp³-hybridized carbons (Fsp3) is 0.435. The summed E-state index contributed by atoms with van der Waals surface area (Å²) in [4.78, 5) is 11.6. The quantitative estimate of drug-likeness (QED) is 0.455. The Hall–Kier alpha value is -2.13. The molecule has 1 atom stereocenters. The molecule has 2 rings (SSSR count). The van der Waals surface area contributed by atoms with Crippen molar-refractivity contribution in [3.63, 3.8) is 0 Å². The number of rotatable bonds is 11. The molecule has 140 valence electrons. The number of ether oxygens (including phenoxy) is 1. The highest BCUT2D eigenvalue weighted by molar-refractivity contribution is 5.76. The van der Waals surface area contributed by atoms with E-state index in [0.29, 0.717) is 5.56 Å². The fourth-order valence-corrected chi connectivity index (χ4v) is 3.26. The van der Waals surface area contributed by atoms with Crippen molar-refractivity contribution in [2.24, 2.45) is 0 Å². The molecule has 0 saturated carbocycles. The first-order valence-corrected chi connectivity index (χ1v) is 9.60. The van der Waals surface area contributed by atoms with Gasteiger partial charge < -0.3 is 9.84 Å². The van der Waals surface area contributed by atoms with E-state index in [1.807, 2.05) is 18.2 Å². The highest BCUT2D eigenvalue weighted by atomic mass is 16.5. The van der Waals surface area contributed by atoms with Crippen LogP contribution in [0.15, 0.2) is 54.6 Å². The lowest BCUT2D eigenvalue weighted by Gasteiger charge is -2.13. The first-order valence-electron chi connectivity index (χ1n) is 9.60. The molecule has 26 heavy (non-hydrogen) atoms. The summed E-state index contributed by atoms with van der Waals surface area (Å²) < 4.78 is 4.64. The summed E-state index contributed by atoms with van der Waals surface area (Å²) in [6.45, 7) is 0. The predicted octanol–water partition coefficient (Wildman–Crippen LogP) is 5.02. The number of aliphatic hydroxyl groups excluding tert-OH is 1. The van der Waals surface area contributed by atoms with Crippen LogP contribution < -0.4 is 0 Å². The van der Waals surface area contributed by atoms with Crippen molar-refractivity contribution in [2.45, 2.75) is 57.5 Å².